The molecule has 2 aromatic rings. The van der Waals surface area contributed by atoms with Crippen molar-refractivity contribution in [2.75, 3.05) is 0 Å². The molecular formula is C26H36O2. The predicted molar refractivity (Wildman–Crippen MR) is 117 cm³/mol. The van der Waals surface area contributed by atoms with Crippen molar-refractivity contribution >= 4 is 0 Å². The van der Waals surface area contributed by atoms with Crippen molar-refractivity contribution in [3.05, 3.63) is 59.7 Å². The average molecular weight is 381 g/mol. The molecular weight excluding hydrogens is 344 g/mol. The number of benzene rings is 2. The van der Waals surface area contributed by atoms with E-state index in [0.29, 0.717) is 28.7 Å². The first-order valence-electron chi connectivity index (χ1n) is 10.5. The lowest BCUT2D eigenvalue weighted by molar-refractivity contribution is 0.0300. The Kier molecular flexibility index (Phi) is 5.29. The van der Waals surface area contributed by atoms with Crippen molar-refractivity contribution < 1.29 is 10.2 Å². The van der Waals surface area contributed by atoms with E-state index in [9.17, 15) is 10.2 Å². The second-order valence-electron chi connectivity index (χ2n) is 10.8. The molecule has 2 N–H and O–H groups in total. The van der Waals surface area contributed by atoms with Crippen LogP contribution in [0.1, 0.15) is 71.9 Å². The third kappa shape index (κ3) is 3.79. The molecule has 0 radical (unpaired) electrons. The minimum atomic E-state index is -0.124. The van der Waals surface area contributed by atoms with Gasteiger partial charge in [0.05, 0.1) is 0 Å². The van der Waals surface area contributed by atoms with E-state index in [1.54, 1.807) is 0 Å². The van der Waals surface area contributed by atoms with Gasteiger partial charge < -0.3 is 10.2 Å². The summed E-state index contributed by atoms with van der Waals surface area (Å²) < 4.78 is 0. The van der Waals surface area contributed by atoms with Gasteiger partial charge in [-0.2, -0.15) is 0 Å². The number of phenols is 2. The summed E-state index contributed by atoms with van der Waals surface area (Å²) >= 11 is 0. The van der Waals surface area contributed by atoms with Crippen LogP contribution in [-0.2, 0) is 5.41 Å². The molecule has 0 aromatic heterocycles. The van der Waals surface area contributed by atoms with Crippen molar-refractivity contribution in [1.29, 1.82) is 0 Å². The maximum atomic E-state index is 9.89. The smallest absolute Gasteiger partial charge is 0.115 e. The van der Waals surface area contributed by atoms with Gasteiger partial charge in [0.2, 0.25) is 0 Å². The van der Waals surface area contributed by atoms with Crippen LogP contribution in [0.4, 0.5) is 0 Å². The highest BCUT2D eigenvalue weighted by atomic mass is 16.3. The van der Waals surface area contributed by atoms with Crippen LogP contribution >= 0.6 is 0 Å². The summed E-state index contributed by atoms with van der Waals surface area (Å²) in [5.41, 5.74) is 2.83. The summed E-state index contributed by atoms with van der Waals surface area (Å²) in [5.74, 6) is 1.74. The lowest BCUT2D eigenvalue weighted by Gasteiger charge is -2.55. The highest BCUT2D eigenvalue weighted by molar-refractivity contribution is 5.45. The molecule has 2 unspecified atom stereocenters. The van der Waals surface area contributed by atoms with E-state index in [1.807, 2.05) is 24.3 Å². The first kappa shape index (κ1) is 20.8. The second kappa shape index (κ2) is 7.13. The van der Waals surface area contributed by atoms with E-state index >= 15 is 0 Å². The van der Waals surface area contributed by atoms with Gasteiger partial charge in [-0.25, -0.2) is 0 Å². The molecule has 152 valence electrons. The molecule has 1 aliphatic rings. The minimum Gasteiger partial charge on any atom is -0.508 e. The Morgan fingerprint density at radius 3 is 1.50 bits per heavy atom. The van der Waals surface area contributed by atoms with E-state index in [0.717, 1.165) is 6.42 Å². The summed E-state index contributed by atoms with van der Waals surface area (Å²) in [5, 5.41) is 19.8. The van der Waals surface area contributed by atoms with E-state index in [4.69, 9.17) is 0 Å². The Hall–Kier alpha value is -1.96. The molecule has 3 rings (SSSR count). The van der Waals surface area contributed by atoms with E-state index in [1.165, 1.54) is 24.0 Å². The SMILES string of the molecule is CC(C)(C)C1CCC(c2ccc(O)cc2)(c2ccc(O)cc2)C(C(C)(C)C)C1. The maximum Gasteiger partial charge on any atom is 0.115 e. The first-order chi connectivity index (χ1) is 12.9. The molecule has 0 saturated heterocycles. The molecule has 2 aromatic carbocycles. The third-order valence-corrected chi connectivity index (χ3v) is 7.04. The largest absolute Gasteiger partial charge is 0.508 e. The molecule has 0 heterocycles. The quantitative estimate of drug-likeness (QED) is 0.595. The number of phenolic OH excluding ortho intramolecular Hbond substituents is 2. The van der Waals surface area contributed by atoms with Gasteiger partial charge in [0.15, 0.2) is 0 Å². The van der Waals surface area contributed by atoms with Crippen LogP contribution in [0, 0.1) is 22.7 Å². The highest BCUT2D eigenvalue weighted by Crippen LogP contribution is 2.58. The highest BCUT2D eigenvalue weighted by Gasteiger charge is 2.51. The Balaban J connectivity index is 2.21. The number of hydrogen-bond donors (Lipinski definition) is 2. The maximum absolute atomic E-state index is 9.89. The van der Waals surface area contributed by atoms with Gasteiger partial charge in [-0.05, 0) is 77.3 Å². The Morgan fingerprint density at radius 2 is 1.14 bits per heavy atom. The standard InChI is InChI=1S/C26H36O2/c1-24(2,3)20-15-16-26(23(17-20)25(4,5)6,18-7-11-21(27)12-8-18)19-9-13-22(28)14-10-19/h7-14,20,23,27-28H,15-17H2,1-6H3. The molecule has 28 heavy (non-hydrogen) atoms. The summed E-state index contributed by atoms with van der Waals surface area (Å²) in [4.78, 5) is 0. The molecule has 2 heteroatoms. The van der Waals surface area contributed by atoms with Crippen LogP contribution in [0.3, 0.4) is 0 Å². The Labute approximate surface area is 170 Å². The van der Waals surface area contributed by atoms with Gasteiger partial charge in [0.1, 0.15) is 11.5 Å². The summed E-state index contributed by atoms with van der Waals surface area (Å²) in [6.07, 6.45) is 3.43. The summed E-state index contributed by atoms with van der Waals surface area (Å²) in [6, 6.07) is 15.6. The summed E-state index contributed by atoms with van der Waals surface area (Å²) in [6.45, 7) is 14.2. The predicted octanol–water partition coefficient (Wildman–Crippen LogP) is 6.89. The van der Waals surface area contributed by atoms with Gasteiger partial charge in [0, 0.05) is 5.41 Å². The van der Waals surface area contributed by atoms with Crippen molar-refractivity contribution in [2.45, 2.75) is 66.2 Å². The van der Waals surface area contributed by atoms with Crippen LogP contribution < -0.4 is 0 Å². The van der Waals surface area contributed by atoms with Gasteiger partial charge in [-0.1, -0.05) is 65.8 Å². The molecule has 1 fully saturated rings. The monoisotopic (exact) mass is 380 g/mol. The fourth-order valence-corrected chi connectivity index (χ4v) is 5.43. The van der Waals surface area contributed by atoms with Crippen molar-refractivity contribution in [3.63, 3.8) is 0 Å². The van der Waals surface area contributed by atoms with Crippen LogP contribution in [-0.4, -0.2) is 10.2 Å². The van der Waals surface area contributed by atoms with Crippen LogP contribution in [0.2, 0.25) is 0 Å². The van der Waals surface area contributed by atoms with Crippen molar-refractivity contribution in [1.82, 2.24) is 0 Å². The molecule has 0 amide bonds. The first-order valence-corrected chi connectivity index (χ1v) is 10.5. The van der Waals surface area contributed by atoms with Gasteiger partial charge in [-0.15, -0.1) is 0 Å². The molecule has 1 saturated carbocycles. The topological polar surface area (TPSA) is 40.5 Å². The third-order valence-electron chi connectivity index (χ3n) is 7.04. The fourth-order valence-electron chi connectivity index (χ4n) is 5.43. The van der Waals surface area contributed by atoms with Gasteiger partial charge in [0.25, 0.3) is 0 Å². The molecule has 2 nitrogen and oxygen atoms in total. The lowest BCUT2D eigenvalue weighted by atomic mass is 9.49. The van der Waals surface area contributed by atoms with Crippen molar-refractivity contribution in [3.8, 4) is 11.5 Å². The van der Waals surface area contributed by atoms with Crippen LogP contribution in [0.5, 0.6) is 11.5 Å². The molecule has 0 aliphatic heterocycles. The van der Waals surface area contributed by atoms with E-state index in [2.05, 4.69) is 65.8 Å². The minimum absolute atomic E-state index is 0.124. The Bertz CT molecular complexity index is 743. The number of aromatic hydroxyl groups is 2. The van der Waals surface area contributed by atoms with Crippen LogP contribution in [0.25, 0.3) is 0 Å². The zero-order chi connectivity index (χ0) is 20.7. The fraction of sp³-hybridized carbons (Fsp3) is 0.538. The number of rotatable bonds is 2. The average Bonchev–Trinajstić information content (AvgIpc) is 2.61. The number of hydrogen-bond acceptors (Lipinski definition) is 2. The molecule has 2 atom stereocenters. The zero-order valence-corrected chi connectivity index (χ0v) is 18.3. The molecule has 1 aliphatic carbocycles. The lowest BCUT2D eigenvalue weighted by Crippen LogP contribution is -2.49. The molecule has 0 bridgehead atoms. The van der Waals surface area contributed by atoms with Gasteiger partial charge in [-0.3, -0.25) is 0 Å². The van der Waals surface area contributed by atoms with E-state index < -0.39 is 0 Å². The van der Waals surface area contributed by atoms with Crippen molar-refractivity contribution in [2.24, 2.45) is 22.7 Å². The van der Waals surface area contributed by atoms with E-state index in [-0.39, 0.29) is 10.8 Å². The zero-order valence-electron chi connectivity index (χ0n) is 18.3. The summed E-state index contributed by atoms with van der Waals surface area (Å²) in [7, 11) is 0. The second-order valence-corrected chi connectivity index (χ2v) is 10.8. The normalized spacial score (nSPS) is 22.8. The molecule has 0 spiro atoms. The Morgan fingerprint density at radius 1 is 0.714 bits per heavy atom. The van der Waals surface area contributed by atoms with Gasteiger partial charge >= 0.3 is 0 Å². The van der Waals surface area contributed by atoms with Crippen LogP contribution in [0.15, 0.2) is 48.5 Å².